The van der Waals surface area contributed by atoms with Crippen LogP contribution in [-0.2, 0) is 0 Å². The third-order valence-electron chi connectivity index (χ3n) is 1.36. The zero-order chi connectivity index (χ0) is 8.59. The van der Waals surface area contributed by atoms with Crippen molar-refractivity contribution in [2.24, 2.45) is 0 Å². The Labute approximate surface area is 67.8 Å². The molecule has 0 saturated heterocycles. The fraction of sp³-hybridized carbons (Fsp3) is 0.143. The number of anilines is 1. The van der Waals surface area contributed by atoms with Crippen molar-refractivity contribution in [2.75, 3.05) is 5.73 Å². The van der Waals surface area contributed by atoms with E-state index in [1.807, 2.05) is 0 Å². The molecule has 0 unspecified atom stereocenters. The molecule has 1 nitrogen and oxygen atoms in total. The van der Waals surface area contributed by atoms with Crippen molar-refractivity contribution >= 4 is 17.3 Å². The molecule has 11 heavy (non-hydrogen) atoms. The van der Waals surface area contributed by atoms with Gasteiger partial charge in [0.2, 0.25) is 0 Å². The highest BCUT2D eigenvalue weighted by Gasteiger charge is 2.11. The molecule has 4 heteroatoms. The standard InChI is InChI=1S/C7H6ClF2N/c1-3-2-4(11)7(10)5(8)6(3)9/h2H,11H2,1H3. The first-order valence-corrected chi connectivity index (χ1v) is 3.31. The van der Waals surface area contributed by atoms with E-state index >= 15 is 0 Å². The Bertz CT molecular complexity index is 273. The van der Waals surface area contributed by atoms with Crippen LogP contribution in [0.15, 0.2) is 6.07 Å². The predicted octanol–water partition coefficient (Wildman–Crippen LogP) is 2.51. The minimum absolute atomic E-state index is 0.131. The van der Waals surface area contributed by atoms with Crippen LogP contribution in [-0.4, -0.2) is 0 Å². The summed E-state index contributed by atoms with van der Waals surface area (Å²) in [6.07, 6.45) is 0. The van der Waals surface area contributed by atoms with Gasteiger partial charge in [-0.3, -0.25) is 0 Å². The average molecular weight is 178 g/mol. The fourth-order valence-electron chi connectivity index (χ4n) is 0.756. The lowest BCUT2D eigenvalue weighted by Gasteiger charge is -2.02. The van der Waals surface area contributed by atoms with Gasteiger partial charge in [0.15, 0.2) is 5.82 Å². The van der Waals surface area contributed by atoms with Crippen molar-refractivity contribution in [3.63, 3.8) is 0 Å². The maximum absolute atomic E-state index is 12.7. The van der Waals surface area contributed by atoms with Crippen LogP contribution in [0.2, 0.25) is 5.02 Å². The first-order chi connectivity index (χ1) is 5.04. The molecule has 1 aromatic carbocycles. The highest BCUT2D eigenvalue weighted by atomic mass is 35.5. The Morgan fingerprint density at radius 3 is 2.45 bits per heavy atom. The maximum atomic E-state index is 12.7. The quantitative estimate of drug-likeness (QED) is 0.478. The van der Waals surface area contributed by atoms with Crippen molar-refractivity contribution in [1.29, 1.82) is 0 Å². The van der Waals surface area contributed by atoms with E-state index in [-0.39, 0.29) is 11.3 Å². The second-order valence-corrected chi connectivity index (χ2v) is 2.60. The van der Waals surface area contributed by atoms with Crippen molar-refractivity contribution in [1.82, 2.24) is 0 Å². The van der Waals surface area contributed by atoms with Gasteiger partial charge >= 0.3 is 0 Å². The molecule has 0 amide bonds. The topological polar surface area (TPSA) is 26.0 Å². The number of halogens is 3. The number of hydrogen-bond acceptors (Lipinski definition) is 1. The maximum Gasteiger partial charge on any atom is 0.167 e. The zero-order valence-electron chi connectivity index (χ0n) is 5.79. The van der Waals surface area contributed by atoms with E-state index < -0.39 is 16.7 Å². The molecule has 0 heterocycles. The molecule has 2 N–H and O–H groups in total. The molecule has 0 radical (unpaired) electrons. The SMILES string of the molecule is Cc1cc(N)c(F)c(Cl)c1F. The van der Waals surface area contributed by atoms with Gasteiger partial charge in [-0.2, -0.15) is 0 Å². The third kappa shape index (κ3) is 1.28. The molecule has 0 aliphatic heterocycles. The van der Waals surface area contributed by atoms with Crippen LogP contribution in [0.1, 0.15) is 5.56 Å². The van der Waals surface area contributed by atoms with Crippen molar-refractivity contribution in [3.8, 4) is 0 Å². The van der Waals surface area contributed by atoms with Gasteiger partial charge in [0.05, 0.1) is 5.69 Å². The summed E-state index contributed by atoms with van der Waals surface area (Å²) < 4.78 is 25.4. The molecule has 0 saturated carbocycles. The lowest BCUT2D eigenvalue weighted by atomic mass is 10.2. The van der Waals surface area contributed by atoms with Gasteiger partial charge < -0.3 is 5.73 Å². The summed E-state index contributed by atoms with van der Waals surface area (Å²) in [5.41, 5.74) is 5.28. The van der Waals surface area contributed by atoms with E-state index in [1.165, 1.54) is 13.0 Å². The van der Waals surface area contributed by atoms with Gasteiger partial charge in [0.1, 0.15) is 10.8 Å². The zero-order valence-corrected chi connectivity index (χ0v) is 6.54. The Hall–Kier alpha value is -0.830. The summed E-state index contributed by atoms with van der Waals surface area (Å²) in [6, 6.07) is 1.20. The van der Waals surface area contributed by atoms with Crippen molar-refractivity contribution in [2.45, 2.75) is 6.92 Å². The van der Waals surface area contributed by atoms with E-state index in [2.05, 4.69) is 0 Å². The number of nitrogen functional groups attached to an aromatic ring is 1. The van der Waals surface area contributed by atoms with Crippen LogP contribution < -0.4 is 5.73 Å². The Kier molecular flexibility index (Phi) is 2.00. The number of hydrogen-bond donors (Lipinski definition) is 1. The molecule has 0 fully saturated rings. The second-order valence-electron chi connectivity index (χ2n) is 2.22. The second kappa shape index (κ2) is 2.66. The minimum atomic E-state index is -0.894. The lowest BCUT2D eigenvalue weighted by Crippen LogP contribution is -1.96. The predicted molar refractivity (Wildman–Crippen MR) is 40.5 cm³/mol. The fourth-order valence-corrected chi connectivity index (χ4v) is 1.01. The summed E-state index contributed by atoms with van der Waals surface area (Å²) in [4.78, 5) is 0. The van der Waals surface area contributed by atoms with Crippen LogP contribution in [0.4, 0.5) is 14.5 Å². The van der Waals surface area contributed by atoms with Gasteiger partial charge in [0, 0.05) is 0 Å². The Morgan fingerprint density at radius 2 is 1.91 bits per heavy atom. The van der Waals surface area contributed by atoms with E-state index in [0.717, 1.165) is 0 Å². The van der Waals surface area contributed by atoms with Crippen LogP contribution in [0.3, 0.4) is 0 Å². The summed E-state index contributed by atoms with van der Waals surface area (Å²) in [7, 11) is 0. The largest absolute Gasteiger partial charge is 0.396 e. The molecule has 0 aliphatic rings. The van der Waals surface area contributed by atoms with E-state index in [0.29, 0.717) is 0 Å². The van der Waals surface area contributed by atoms with Gasteiger partial charge in [-0.25, -0.2) is 8.78 Å². The van der Waals surface area contributed by atoms with Gasteiger partial charge in [-0.15, -0.1) is 0 Å². The molecule has 0 bridgehead atoms. The number of aryl methyl sites for hydroxylation is 1. The van der Waals surface area contributed by atoms with Crippen LogP contribution in [0, 0.1) is 18.6 Å². The number of nitrogens with two attached hydrogens (primary N) is 1. The van der Waals surface area contributed by atoms with E-state index in [1.54, 1.807) is 0 Å². The first-order valence-electron chi connectivity index (χ1n) is 2.93. The Morgan fingerprint density at radius 1 is 1.36 bits per heavy atom. The molecule has 0 spiro atoms. The lowest BCUT2D eigenvalue weighted by molar-refractivity contribution is 0.581. The van der Waals surface area contributed by atoms with Crippen LogP contribution in [0.5, 0.6) is 0 Å². The summed E-state index contributed by atoms with van der Waals surface area (Å²) in [5, 5.41) is -0.539. The normalized spacial score (nSPS) is 10.2. The molecule has 1 rings (SSSR count). The highest BCUT2D eigenvalue weighted by molar-refractivity contribution is 6.31. The molecular weight excluding hydrogens is 172 g/mol. The van der Waals surface area contributed by atoms with Gasteiger partial charge in [0.25, 0.3) is 0 Å². The van der Waals surface area contributed by atoms with Gasteiger partial charge in [-0.05, 0) is 18.6 Å². The van der Waals surface area contributed by atoms with E-state index in [9.17, 15) is 8.78 Å². The summed E-state index contributed by atoms with van der Waals surface area (Å²) in [5.74, 6) is -1.65. The van der Waals surface area contributed by atoms with Crippen molar-refractivity contribution in [3.05, 3.63) is 28.3 Å². The number of benzene rings is 1. The molecule has 60 valence electrons. The minimum Gasteiger partial charge on any atom is -0.396 e. The number of rotatable bonds is 0. The molecule has 0 aromatic heterocycles. The van der Waals surface area contributed by atoms with Crippen molar-refractivity contribution < 1.29 is 8.78 Å². The molecule has 0 atom stereocenters. The van der Waals surface area contributed by atoms with Gasteiger partial charge in [-0.1, -0.05) is 11.6 Å². The monoisotopic (exact) mass is 177 g/mol. The Balaban J connectivity index is 3.46. The summed E-state index contributed by atoms with van der Waals surface area (Å²) >= 11 is 5.26. The highest BCUT2D eigenvalue weighted by Crippen LogP contribution is 2.26. The van der Waals surface area contributed by atoms with Crippen LogP contribution >= 0.6 is 11.6 Å². The first kappa shape index (κ1) is 8.27. The average Bonchev–Trinajstić information content (AvgIpc) is 1.97. The smallest absolute Gasteiger partial charge is 0.167 e. The van der Waals surface area contributed by atoms with Crippen LogP contribution in [0.25, 0.3) is 0 Å². The summed E-state index contributed by atoms with van der Waals surface area (Å²) in [6.45, 7) is 1.47. The molecular formula is C7H6ClF2N. The van der Waals surface area contributed by atoms with E-state index in [4.69, 9.17) is 17.3 Å². The molecule has 1 aromatic rings. The third-order valence-corrected chi connectivity index (χ3v) is 1.69. The molecule has 0 aliphatic carbocycles.